The van der Waals surface area contributed by atoms with Crippen LogP contribution >= 0.6 is 0 Å². The topological polar surface area (TPSA) is 69.9 Å². The Morgan fingerprint density at radius 3 is 3.20 bits per heavy atom. The van der Waals surface area contributed by atoms with E-state index in [4.69, 9.17) is 0 Å². The summed E-state index contributed by atoms with van der Waals surface area (Å²) in [5.74, 6) is -0.780. The van der Waals surface area contributed by atoms with Gasteiger partial charge in [0.15, 0.2) is 0 Å². The lowest BCUT2D eigenvalue weighted by Crippen LogP contribution is -2.54. The van der Waals surface area contributed by atoms with E-state index in [2.05, 4.69) is 10.3 Å². The average molecular weight is 274 g/mol. The fourth-order valence-corrected chi connectivity index (χ4v) is 2.67. The van der Waals surface area contributed by atoms with Crippen molar-refractivity contribution in [2.45, 2.75) is 19.5 Å². The van der Waals surface area contributed by atoms with E-state index in [1.54, 1.807) is 0 Å². The highest BCUT2D eigenvalue weighted by Crippen LogP contribution is 2.14. The fraction of sp³-hybridized carbons (Fsp3) is 0.429. The summed E-state index contributed by atoms with van der Waals surface area (Å²) in [4.78, 5) is 17.9. The summed E-state index contributed by atoms with van der Waals surface area (Å²) in [6.45, 7) is 4.62. The maximum Gasteiger partial charge on any atom is 0.322 e. The van der Waals surface area contributed by atoms with Crippen LogP contribution in [0.2, 0.25) is 0 Å². The van der Waals surface area contributed by atoms with Crippen molar-refractivity contribution in [1.82, 2.24) is 19.6 Å². The van der Waals surface area contributed by atoms with E-state index in [0.29, 0.717) is 13.1 Å². The smallest absolute Gasteiger partial charge is 0.322 e. The van der Waals surface area contributed by atoms with E-state index in [0.717, 1.165) is 30.0 Å². The summed E-state index contributed by atoms with van der Waals surface area (Å²) in [5, 5.41) is 12.4. The quantitative estimate of drug-likeness (QED) is 0.853. The van der Waals surface area contributed by atoms with Crippen molar-refractivity contribution >= 4 is 11.6 Å². The van der Waals surface area contributed by atoms with Crippen LogP contribution in [-0.4, -0.2) is 51.0 Å². The van der Waals surface area contributed by atoms with Crippen molar-refractivity contribution < 1.29 is 9.90 Å². The van der Waals surface area contributed by atoms with E-state index >= 15 is 0 Å². The lowest BCUT2D eigenvalue weighted by Gasteiger charge is -2.32. The number of rotatable bonds is 3. The van der Waals surface area contributed by atoms with Crippen LogP contribution in [0.3, 0.4) is 0 Å². The predicted octanol–water partition coefficient (Wildman–Crippen LogP) is 0.501. The van der Waals surface area contributed by atoms with Crippen LogP contribution in [-0.2, 0) is 11.3 Å². The normalized spacial score (nSPS) is 20.4. The van der Waals surface area contributed by atoms with Crippen LogP contribution < -0.4 is 5.32 Å². The van der Waals surface area contributed by atoms with E-state index in [-0.39, 0.29) is 0 Å². The Bertz CT molecular complexity index is 637. The van der Waals surface area contributed by atoms with Crippen molar-refractivity contribution in [3.05, 3.63) is 35.8 Å². The first-order valence-electron chi connectivity index (χ1n) is 6.76. The van der Waals surface area contributed by atoms with Gasteiger partial charge in [0.05, 0.1) is 5.69 Å². The second kappa shape index (κ2) is 5.22. The molecule has 20 heavy (non-hydrogen) atoms. The Hall–Kier alpha value is -1.92. The number of aromatic nitrogens is 2. The monoisotopic (exact) mass is 274 g/mol. The van der Waals surface area contributed by atoms with E-state index in [1.165, 1.54) is 0 Å². The number of carboxylic acids is 1. The molecule has 2 aromatic rings. The molecule has 0 radical (unpaired) electrons. The zero-order chi connectivity index (χ0) is 14.1. The lowest BCUT2D eigenvalue weighted by atomic mass is 10.2. The Kier molecular flexibility index (Phi) is 3.42. The number of nitrogens with one attached hydrogen (secondary N) is 1. The van der Waals surface area contributed by atoms with Crippen LogP contribution in [0.5, 0.6) is 0 Å². The van der Waals surface area contributed by atoms with Gasteiger partial charge in [-0.1, -0.05) is 6.07 Å². The highest BCUT2D eigenvalue weighted by Gasteiger charge is 2.28. The van der Waals surface area contributed by atoms with Gasteiger partial charge in [-0.2, -0.15) is 0 Å². The van der Waals surface area contributed by atoms with Crippen molar-refractivity contribution in [3.63, 3.8) is 0 Å². The molecular formula is C14H18N4O2. The van der Waals surface area contributed by atoms with Crippen molar-refractivity contribution in [1.29, 1.82) is 0 Å². The Morgan fingerprint density at radius 2 is 2.45 bits per heavy atom. The molecule has 3 rings (SSSR count). The number of nitrogens with zero attached hydrogens (tertiary/aromatic N) is 3. The molecule has 1 unspecified atom stereocenters. The minimum absolute atomic E-state index is 0.477. The molecule has 2 N–H and O–H groups in total. The minimum Gasteiger partial charge on any atom is -0.480 e. The van der Waals surface area contributed by atoms with Crippen LogP contribution in [0.4, 0.5) is 0 Å². The summed E-state index contributed by atoms with van der Waals surface area (Å²) in [7, 11) is 0. The van der Waals surface area contributed by atoms with E-state index in [9.17, 15) is 9.90 Å². The summed E-state index contributed by atoms with van der Waals surface area (Å²) in [6.07, 6.45) is 3.94. The molecule has 0 bridgehead atoms. The number of carboxylic acid groups (broad SMARTS) is 1. The molecule has 2 aromatic heterocycles. The average Bonchev–Trinajstić information content (AvgIpc) is 2.83. The molecule has 1 fully saturated rings. The molecule has 1 aliphatic rings. The molecule has 1 atom stereocenters. The summed E-state index contributed by atoms with van der Waals surface area (Å²) < 4.78 is 1.99. The highest BCUT2D eigenvalue weighted by atomic mass is 16.4. The maximum atomic E-state index is 11.3. The van der Waals surface area contributed by atoms with Crippen molar-refractivity contribution in [2.75, 3.05) is 19.6 Å². The predicted molar refractivity (Wildman–Crippen MR) is 74.6 cm³/mol. The summed E-state index contributed by atoms with van der Waals surface area (Å²) >= 11 is 0. The molecule has 0 spiro atoms. The summed E-state index contributed by atoms with van der Waals surface area (Å²) in [6, 6.07) is 3.53. The number of piperazine rings is 1. The number of imidazole rings is 1. The van der Waals surface area contributed by atoms with Gasteiger partial charge in [-0.3, -0.25) is 9.69 Å². The van der Waals surface area contributed by atoms with Crippen LogP contribution in [0.1, 0.15) is 11.3 Å². The molecule has 3 heterocycles. The van der Waals surface area contributed by atoms with Crippen LogP contribution in [0, 0.1) is 6.92 Å². The van der Waals surface area contributed by atoms with Gasteiger partial charge in [-0.25, -0.2) is 4.98 Å². The molecule has 0 amide bonds. The number of aliphatic carboxylic acids is 1. The second-order valence-corrected chi connectivity index (χ2v) is 5.18. The lowest BCUT2D eigenvalue weighted by molar-refractivity contribution is -0.144. The number of hydrogen-bond donors (Lipinski definition) is 2. The number of hydrogen-bond acceptors (Lipinski definition) is 4. The second-order valence-electron chi connectivity index (χ2n) is 5.18. The van der Waals surface area contributed by atoms with Crippen LogP contribution in [0.15, 0.2) is 24.5 Å². The molecule has 6 nitrogen and oxygen atoms in total. The Balaban J connectivity index is 1.84. The Morgan fingerprint density at radius 1 is 1.60 bits per heavy atom. The molecule has 0 aliphatic carbocycles. The van der Waals surface area contributed by atoms with Crippen molar-refractivity contribution in [2.24, 2.45) is 0 Å². The molecule has 1 saturated heterocycles. The first kappa shape index (κ1) is 13.1. The number of carbonyl (C=O) groups is 1. The molecular weight excluding hydrogens is 256 g/mol. The maximum absolute atomic E-state index is 11.3. The molecule has 1 aliphatic heterocycles. The Labute approximate surface area is 117 Å². The standard InChI is InChI=1S/C14H18N4O2/c1-10-3-2-5-18-9-11(16-13(10)18)8-17-6-4-15-7-12(17)14(19)20/h2-3,5,9,12,15H,4,6-8H2,1H3,(H,19,20). The number of pyridine rings is 1. The van der Waals surface area contributed by atoms with Gasteiger partial charge in [-0.05, 0) is 18.6 Å². The van der Waals surface area contributed by atoms with Gasteiger partial charge >= 0.3 is 5.97 Å². The zero-order valence-electron chi connectivity index (χ0n) is 11.4. The third-order valence-corrected chi connectivity index (χ3v) is 3.73. The fourth-order valence-electron chi connectivity index (χ4n) is 2.67. The molecule has 106 valence electrons. The van der Waals surface area contributed by atoms with Gasteiger partial charge in [0, 0.05) is 38.6 Å². The third kappa shape index (κ3) is 2.39. The third-order valence-electron chi connectivity index (χ3n) is 3.73. The van der Waals surface area contributed by atoms with Gasteiger partial charge in [0.2, 0.25) is 0 Å². The van der Waals surface area contributed by atoms with Crippen molar-refractivity contribution in [3.8, 4) is 0 Å². The van der Waals surface area contributed by atoms with E-state index < -0.39 is 12.0 Å². The van der Waals surface area contributed by atoms with Gasteiger partial charge in [-0.15, -0.1) is 0 Å². The SMILES string of the molecule is Cc1cccn2cc(CN3CCNCC3C(=O)O)nc12. The number of fused-ring (bicyclic) bond motifs is 1. The van der Waals surface area contributed by atoms with Gasteiger partial charge < -0.3 is 14.8 Å². The molecule has 0 saturated carbocycles. The zero-order valence-corrected chi connectivity index (χ0v) is 11.4. The molecule has 0 aromatic carbocycles. The molecule has 6 heteroatoms. The highest BCUT2D eigenvalue weighted by molar-refractivity contribution is 5.74. The van der Waals surface area contributed by atoms with E-state index in [1.807, 2.05) is 40.8 Å². The first-order valence-corrected chi connectivity index (χ1v) is 6.76. The van der Waals surface area contributed by atoms with Gasteiger partial charge in [0.1, 0.15) is 11.7 Å². The first-order chi connectivity index (χ1) is 9.65. The largest absolute Gasteiger partial charge is 0.480 e. The minimum atomic E-state index is -0.780. The number of aryl methyl sites for hydroxylation is 1. The van der Waals surface area contributed by atoms with Crippen LogP contribution in [0.25, 0.3) is 5.65 Å². The summed E-state index contributed by atoms with van der Waals surface area (Å²) in [5.41, 5.74) is 2.96. The van der Waals surface area contributed by atoms with Gasteiger partial charge in [0.25, 0.3) is 0 Å².